The average molecular weight is 239 g/mol. The Morgan fingerprint density at radius 3 is 2.81 bits per heavy atom. The van der Waals surface area contributed by atoms with Crippen molar-refractivity contribution < 1.29 is 0 Å². The van der Waals surface area contributed by atoms with Crippen molar-refractivity contribution in [1.29, 1.82) is 0 Å². The van der Waals surface area contributed by atoms with Crippen molar-refractivity contribution in [1.82, 2.24) is 4.90 Å². The molecule has 0 bridgehead atoms. The van der Waals surface area contributed by atoms with Gasteiger partial charge >= 0.3 is 0 Å². The Balaban J connectivity index is 1.82. The summed E-state index contributed by atoms with van der Waals surface area (Å²) in [6.45, 7) is 0.947. The molecule has 3 nitrogen and oxygen atoms in total. The quantitative estimate of drug-likeness (QED) is 0.759. The van der Waals surface area contributed by atoms with Crippen LogP contribution in [0.4, 0.5) is 0 Å². The molecule has 2 aliphatic heterocycles. The molecule has 0 radical (unpaired) electrons. The molecular weight excluding hydrogens is 218 g/mol. The van der Waals surface area contributed by atoms with E-state index in [-0.39, 0.29) is 0 Å². The van der Waals surface area contributed by atoms with Crippen LogP contribution in [0.25, 0.3) is 0 Å². The largest absolute Gasteiger partial charge is 0.370 e. The maximum absolute atomic E-state index is 6.13. The van der Waals surface area contributed by atoms with E-state index in [1.165, 1.54) is 50.0 Å². The number of nitrogens with two attached hydrogens (primary N) is 1. The number of aliphatic imine (C=N–C) groups is 1. The summed E-state index contributed by atoms with van der Waals surface area (Å²) >= 11 is 2.09. The molecule has 1 unspecified atom stereocenters. The first-order chi connectivity index (χ1) is 7.82. The van der Waals surface area contributed by atoms with Crippen LogP contribution in [-0.2, 0) is 0 Å². The maximum Gasteiger partial charge on any atom is 0.192 e. The van der Waals surface area contributed by atoms with Crippen LogP contribution in [-0.4, -0.2) is 40.5 Å². The van der Waals surface area contributed by atoms with Gasteiger partial charge in [0.25, 0.3) is 0 Å². The highest BCUT2D eigenvalue weighted by Crippen LogP contribution is 2.39. The third kappa shape index (κ3) is 1.62. The minimum Gasteiger partial charge on any atom is -0.370 e. The summed E-state index contributed by atoms with van der Waals surface area (Å²) in [6.07, 6.45) is 8.01. The molecule has 2 heterocycles. The molecule has 0 aromatic heterocycles. The van der Waals surface area contributed by atoms with Gasteiger partial charge in [-0.3, -0.25) is 4.99 Å². The van der Waals surface area contributed by atoms with Crippen LogP contribution in [0, 0.1) is 0 Å². The molecule has 90 valence electrons. The summed E-state index contributed by atoms with van der Waals surface area (Å²) in [5, 5.41) is 0. The van der Waals surface area contributed by atoms with Crippen molar-refractivity contribution in [2.45, 2.75) is 50.1 Å². The van der Waals surface area contributed by atoms with E-state index in [0.29, 0.717) is 11.6 Å². The molecule has 1 aliphatic carbocycles. The fourth-order valence-corrected chi connectivity index (χ4v) is 4.76. The first kappa shape index (κ1) is 10.8. The Labute approximate surface area is 102 Å². The molecule has 2 fully saturated rings. The van der Waals surface area contributed by atoms with Crippen molar-refractivity contribution in [2.75, 3.05) is 18.1 Å². The van der Waals surface area contributed by atoms with Crippen molar-refractivity contribution >= 4 is 17.7 Å². The lowest BCUT2D eigenvalue weighted by molar-refractivity contribution is 0.157. The molecule has 1 saturated carbocycles. The van der Waals surface area contributed by atoms with Crippen LogP contribution in [0.5, 0.6) is 0 Å². The van der Waals surface area contributed by atoms with E-state index < -0.39 is 0 Å². The third-order valence-corrected chi connectivity index (χ3v) is 5.60. The number of hydrogen-bond acceptors (Lipinski definition) is 4. The standard InChI is InChI=1S/C12H21N3S/c13-11-14-8-12(6-3-7-16-9-12)15(11)10-4-1-2-5-10/h10H,1-9H2,(H2,13,14). The van der Waals surface area contributed by atoms with E-state index in [0.717, 1.165) is 12.5 Å². The van der Waals surface area contributed by atoms with Crippen molar-refractivity contribution in [3.63, 3.8) is 0 Å². The Hall–Kier alpha value is -0.380. The molecule has 0 amide bonds. The van der Waals surface area contributed by atoms with Gasteiger partial charge in [-0.1, -0.05) is 12.8 Å². The van der Waals surface area contributed by atoms with Crippen LogP contribution in [0.1, 0.15) is 38.5 Å². The van der Waals surface area contributed by atoms with Gasteiger partial charge in [0.05, 0.1) is 12.1 Å². The van der Waals surface area contributed by atoms with E-state index in [2.05, 4.69) is 21.7 Å². The molecule has 0 aromatic carbocycles. The van der Waals surface area contributed by atoms with E-state index in [9.17, 15) is 0 Å². The van der Waals surface area contributed by atoms with Crippen LogP contribution < -0.4 is 5.73 Å². The molecule has 2 N–H and O–H groups in total. The highest BCUT2D eigenvalue weighted by molar-refractivity contribution is 7.99. The minimum absolute atomic E-state index is 0.294. The normalized spacial score (nSPS) is 36.0. The SMILES string of the molecule is NC1=NCC2(CCCSC2)N1C1CCCC1. The first-order valence-corrected chi connectivity index (χ1v) is 7.64. The van der Waals surface area contributed by atoms with Crippen LogP contribution >= 0.6 is 11.8 Å². The molecule has 1 atom stereocenters. The highest BCUT2D eigenvalue weighted by atomic mass is 32.2. The van der Waals surface area contributed by atoms with Crippen LogP contribution in [0.2, 0.25) is 0 Å². The summed E-state index contributed by atoms with van der Waals surface area (Å²) in [5.74, 6) is 3.38. The van der Waals surface area contributed by atoms with Gasteiger partial charge in [-0.25, -0.2) is 0 Å². The van der Waals surface area contributed by atoms with Crippen LogP contribution in [0.3, 0.4) is 0 Å². The lowest BCUT2D eigenvalue weighted by Gasteiger charge is -2.45. The zero-order chi connectivity index (χ0) is 11.0. The topological polar surface area (TPSA) is 41.6 Å². The second kappa shape index (κ2) is 4.13. The second-order valence-corrected chi connectivity index (χ2v) is 6.47. The Morgan fingerprint density at radius 1 is 1.31 bits per heavy atom. The molecule has 16 heavy (non-hydrogen) atoms. The molecule has 3 aliphatic rings. The monoisotopic (exact) mass is 239 g/mol. The zero-order valence-electron chi connectivity index (χ0n) is 9.82. The molecule has 4 heteroatoms. The van der Waals surface area contributed by atoms with Crippen molar-refractivity contribution in [3.05, 3.63) is 0 Å². The van der Waals surface area contributed by atoms with Gasteiger partial charge in [-0.05, 0) is 31.4 Å². The number of thioether (sulfide) groups is 1. The van der Waals surface area contributed by atoms with Gasteiger partial charge in [-0.2, -0.15) is 11.8 Å². The van der Waals surface area contributed by atoms with E-state index in [1.54, 1.807) is 0 Å². The zero-order valence-corrected chi connectivity index (χ0v) is 10.6. The Morgan fingerprint density at radius 2 is 2.12 bits per heavy atom. The van der Waals surface area contributed by atoms with Crippen molar-refractivity contribution in [3.8, 4) is 0 Å². The molecule has 1 saturated heterocycles. The predicted octanol–water partition coefficient (Wildman–Crippen LogP) is 1.83. The van der Waals surface area contributed by atoms with Gasteiger partial charge in [-0.15, -0.1) is 0 Å². The number of guanidine groups is 1. The maximum atomic E-state index is 6.13. The van der Waals surface area contributed by atoms with Gasteiger partial charge < -0.3 is 10.6 Å². The fourth-order valence-electron chi connectivity index (χ4n) is 3.51. The number of hydrogen-bond donors (Lipinski definition) is 1. The predicted molar refractivity (Wildman–Crippen MR) is 69.9 cm³/mol. The summed E-state index contributed by atoms with van der Waals surface area (Å²) in [7, 11) is 0. The van der Waals surface area contributed by atoms with Gasteiger partial charge in [0, 0.05) is 11.8 Å². The molecule has 1 spiro atoms. The fraction of sp³-hybridized carbons (Fsp3) is 0.917. The van der Waals surface area contributed by atoms with Gasteiger partial charge in [0.15, 0.2) is 5.96 Å². The first-order valence-electron chi connectivity index (χ1n) is 6.49. The Bertz CT molecular complexity index is 291. The van der Waals surface area contributed by atoms with Gasteiger partial charge in [0.2, 0.25) is 0 Å². The Kier molecular flexibility index (Phi) is 2.78. The number of nitrogens with zero attached hydrogens (tertiary/aromatic N) is 2. The minimum atomic E-state index is 0.294. The summed E-state index contributed by atoms with van der Waals surface area (Å²) in [4.78, 5) is 7.05. The van der Waals surface area contributed by atoms with E-state index >= 15 is 0 Å². The summed E-state index contributed by atoms with van der Waals surface area (Å²) < 4.78 is 0. The number of rotatable bonds is 1. The summed E-state index contributed by atoms with van der Waals surface area (Å²) in [5.41, 5.74) is 6.42. The summed E-state index contributed by atoms with van der Waals surface area (Å²) in [6, 6.07) is 0.685. The highest BCUT2D eigenvalue weighted by Gasteiger charge is 2.46. The molecule has 0 aromatic rings. The van der Waals surface area contributed by atoms with Crippen molar-refractivity contribution in [2.24, 2.45) is 10.7 Å². The molecule has 3 rings (SSSR count). The third-order valence-electron chi connectivity index (χ3n) is 4.28. The van der Waals surface area contributed by atoms with E-state index in [4.69, 9.17) is 5.73 Å². The van der Waals surface area contributed by atoms with Gasteiger partial charge in [0.1, 0.15) is 0 Å². The lowest BCUT2D eigenvalue weighted by Crippen LogP contribution is -2.58. The lowest BCUT2D eigenvalue weighted by atomic mass is 9.92. The van der Waals surface area contributed by atoms with Crippen LogP contribution in [0.15, 0.2) is 4.99 Å². The smallest absolute Gasteiger partial charge is 0.192 e. The average Bonchev–Trinajstić information content (AvgIpc) is 2.90. The molecular formula is C12H21N3S. The van der Waals surface area contributed by atoms with E-state index in [1.807, 2.05) is 0 Å². The second-order valence-electron chi connectivity index (χ2n) is 5.36.